The molecule has 2 aromatic carbocycles. The smallest absolute Gasteiger partial charge is 0.328 e. The summed E-state index contributed by atoms with van der Waals surface area (Å²) in [7, 11) is 2.47. The van der Waals surface area contributed by atoms with E-state index in [0.717, 1.165) is 16.6 Å². The van der Waals surface area contributed by atoms with Crippen molar-refractivity contribution in [3.63, 3.8) is 0 Å². The third-order valence-corrected chi connectivity index (χ3v) is 5.14. The number of nitrogens with zero attached hydrogens (tertiary/aromatic N) is 2. The van der Waals surface area contributed by atoms with Crippen molar-refractivity contribution in [2.24, 2.45) is 0 Å². The van der Waals surface area contributed by atoms with Gasteiger partial charge < -0.3 is 31.6 Å². The molecule has 11 heteroatoms. The quantitative estimate of drug-likeness (QED) is 0.340. The number of carbonyl (C=O) groups is 3. The average molecular weight is 466 g/mol. The highest BCUT2D eigenvalue weighted by Gasteiger charge is 2.23. The molecule has 0 radical (unpaired) electrons. The molecule has 0 aliphatic carbocycles. The monoisotopic (exact) mass is 466 g/mol. The van der Waals surface area contributed by atoms with Crippen molar-refractivity contribution < 1.29 is 23.9 Å². The van der Waals surface area contributed by atoms with E-state index in [1.807, 2.05) is 18.2 Å². The van der Waals surface area contributed by atoms with Crippen LogP contribution in [-0.2, 0) is 25.6 Å². The van der Waals surface area contributed by atoms with E-state index in [-0.39, 0.29) is 18.8 Å². The Morgan fingerprint density at radius 2 is 1.74 bits per heavy atom. The zero-order valence-electron chi connectivity index (χ0n) is 18.8. The van der Waals surface area contributed by atoms with Gasteiger partial charge in [-0.25, -0.2) is 9.78 Å². The summed E-state index contributed by atoms with van der Waals surface area (Å²) in [6, 6.07) is 11.3. The number of methoxy groups -OCH3 is 2. The van der Waals surface area contributed by atoms with Crippen molar-refractivity contribution in [1.29, 1.82) is 0 Å². The second-order valence-corrected chi connectivity index (χ2v) is 7.37. The summed E-state index contributed by atoms with van der Waals surface area (Å²) in [6.07, 6.45) is 0.0317. The third kappa shape index (κ3) is 5.88. The number of esters is 2. The number of hydrogen-bond acceptors (Lipinski definition) is 10. The number of carbonyl (C=O) groups excluding carboxylic acids is 3. The van der Waals surface area contributed by atoms with Gasteiger partial charge in [-0.3, -0.25) is 9.59 Å². The Bertz CT molecular complexity index is 1200. The van der Waals surface area contributed by atoms with Crippen LogP contribution < -0.4 is 22.1 Å². The molecule has 0 unspecified atom stereocenters. The standard InChI is InChI=1S/C23H26N6O5/c1-33-18(30)11-10-17(22(32)34-2)27-21(31)13-6-8-15(9-7-13)26-12-14-4-3-5-16-19(14)20(24)29-23(25)28-16/h3-9,17,26H,10-12H2,1-2H3,(H,27,31)(H4,24,25,28,29)/t17-/m0/s1. The second kappa shape index (κ2) is 10.9. The number of ether oxygens (including phenoxy) is 2. The summed E-state index contributed by atoms with van der Waals surface area (Å²) in [6.45, 7) is 0.443. The lowest BCUT2D eigenvalue weighted by Gasteiger charge is -2.16. The molecule has 6 N–H and O–H groups in total. The van der Waals surface area contributed by atoms with Crippen LogP contribution in [0.15, 0.2) is 42.5 Å². The summed E-state index contributed by atoms with van der Waals surface area (Å²) < 4.78 is 9.29. The molecule has 178 valence electrons. The maximum absolute atomic E-state index is 12.6. The van der Waals surface area contributed by atoms with Crippen LogP contribution in [-0.4, -0.2) is 48.1 Å². The molecule has 3 rings (SSSR count). The maximum Gasteiger partial charge on any atom is 0.328 e. The van der Waals surface area contributed by atoms with Crippen molar-refractivity contribution in [3.8, 4) is 0 Å². The number of aromatic nitrogens is 2. The number of fused-ring (bicyclic) bond motifs is 1. The Balaban J connectivity index is 1.65. The van der Waals surface area contributed by atoms with E-state index in [0.29, 0.717) is 23.4 Å². The van der Waals surface area contributed by atoms with Gasteiger partial charge in [-0.05, 0) is 42.3 Å². The van der Waals surface area contributed by atoms with Crippen LogP contribution in [0.5, 0.6) is 0 Å². The van der Waals surface area contributed by atoms with Crippen molar-refractivity contribution in [3.05, 3.63) is 53.6 Å². The summed E-state index contributed by atoms with van der Waals surface area (Å²) in [5.74, 6) is -1.18. The third-order valence-electron chi connectivity index (χ3n) is 5.14. The van der Waals surface area contributed by atoms with Crippen molar-refractivity contribution >= 4 is 46.2 Å². The molecule has 3 aromatic rings. The first-order valence-corrected chi connectivity index (χ1v) is 10.4. The van der Waals surface area contributed by atoms with E-state index in [9.17, 15) is 14.4 Å². The van der Waals surface area contributed by atoms with Gasteiger partial charge >= 0.3 is 11.9 Å². The van der Waals surface area contributed by atoms with Gasteiger partial charge in [0.25, 0.3) is 5.91 Å². The largest absolute Gasteiger partial charge is 0.469 e. The van der Waals surface area contributed by atoms with Crippen LogP contribution in [0.25, 0.3) is 10.9 Å². The number of benzene rings is 2. The van der Waals surface area contributed by atoms with E-state index in [2.05, 4.69) is 25.3 Å². The van der Waals surface area contributed by atoms with Crippen molar-refractivity contribution in [2.75, 3.05) is 31.0 Å². The number of amides is 1. The SMILES string of the molecule is COC(=O)CC[C@H](NC(=O)c1ccc(NCc2cccc3nc(N)nc(N)c23)cc1)C(=O)OC. The fraction of sp³-hybridized carbons (Fsp3) is 0.261. The molecule has 0 aliphatic rings. The number of nitrogen functional groups attached to an aromatic ring is 2. The minimum Gasteiger partial charge on any atom is -0.469 e. The molecule has 0 saturated heterocycles. The Hall–Kier alpha value is -4.41. The van der Waals surface area contributed by atoms with Crippen LogP contribution in [0.3, 0.4) is 0 Å². The van der Waals surface area contributed by atoms with Gasteiger partial charge in [0.1, 0.15) is 11.9 Å². The number of nitrogens with two attached hydrogens (primary N) is 2. The average Bonchev–Trinajstić information content (AvgIpc) is 2.84. The fourth-order valence-electron chi connectivity index (χ4n) is 3.38. The molecule has 1 amide bonds. The molecule has 1 atom stereocenters. The zero-order chi connectivity index (χ0) is 24.7. The van der Waals surface area contributed by atoms with Gasteiger partial charge in [-0.2, -0.15) is 4.98 Å². The molecule has 0 saturated carbocycles. The Labute approximate surface area is 195 Å². The number of nitrogens with one attached hydrogen (secondary N) is 2. The van der Waals surface area contributed by atoms with Crippen molar-refractivity contribution in [1.82, 2.24) is 15.3 Å². The van der Waals surface area contributed by atoms with Gasteiger partial charge in [0, 0.05) is 29.6 Å². The van der Waals surface area contributed by atoms with Crippen LogP contribution in [0, 0.1) is 0 Å². The predicted octanol–water partition coefficient (Wildman–Crippen LogP) is 1.63. The van der Waals surface area contributed by atoms with Gasteiger partial charge in [-0.15, -0.1) is 0 Å². The highest BCUT2D eigenvalue weighted by Crippen LogP contribution is 2.24. The lowest BCUT2D eigenvalue weighted by Crippen LogP contribution is -2.41. The highest BCUT2D eigenvalue weighted by atomic mass is 16.5. The van der Waals surface area contributed by atoms with Crippen LogP contribution in [0.2, 0.25) is 0 Å². The molecule has 0 spiro atoms. The molecule has 11 nitrogen and oxygen atoms in total. The number of rotatable bonds is 9. The minimum atomic E-state index is -0.970. The maximum atomic E-state index is 12.6. The van der Waals surface area contributed by atoms with E-state index in [4.69, 9.17) is 16.2 Å². The van der Waals surface area contributed by atoms with Crippen LogP contribution >= 0.6 is 0 Å². The van der Waals surface area contributed by atoms with E-state index >= 15 is 0 Å². The van der Waals surface area contributed by atoms with Crippen molar-refractivity contribution in [2.45, 2.75) is 25.4 Å². The van der Waals surface area contributed by atoms with Gasteiger partial charge in [0.2, 0.25) is 5.95 Å². The molecule has 34 heavy (non-hydrogen) atoms. The summed E-state index contributed by atoms with van der Waals surface area (Å²) in [5, 5.41) is 6.58. The second-order valence-electron chi connectivity index (χ2n) is 7.37. The first-order valence-electron chi connectivity index (χ1n) is 10.4. The summed E-state index contributed by atoms with van der Waals surface area (Å²) in [5.41, 5.74) is 14.4. The Morgan fingerprint density at radius 1 is 1.00 bits per heavy atom. The number of hydrogen-bond donors (Lipinski definition) is 4. The van der Waals surface area contributed by atoms with Gasteiger partial charge in [0.05, 0.1) is 19.7 Å². The van der Waals surface area contributed by atoms with Crippen LogP contribution in [0.4, 0.5) is 17.5 Å². The molecule has 0 fully saturated rings. The zero-order valence-corrected chi connectivity index (χ0v) is 18.8. The molecule has 0 aliphatic heterocycles. The van der Waals surface area contributed by atoms with E-state index in [1.165, 1.54) is 14.2 Å². The normalized spacial score (nSPS) is 11.5. The molecular weight excluding hydrogens is 440 g/mol. The molecule has 0 bridgehead atoms. The molecular formula is C23H26N6O5. The van der Waals surface area contributed by atoms with E-state index in [1.54, 1.807) is 24.3 Å². The Kier molecular flexibility index (Phi) is 7.80. The van der Waals surface area contributed by atoms with Crippen LogP contribution in [0.1, 0.15) is 28.8 Å². The highest BCUT2D eigenvalue weighted by molar-refractivity contribution is 5.97. The summed E-state index contributed by atoms with van der Waals surface area (Å²) in [4.78, 5) is 44.2. The first-order chi connectivity index (χ1) is 16.3. The van der Waals surface area contributed by atoms with Gasteiger partial charge in [0.15, 0.2) is 0 Å². The first kappa shape index (κ1) is 24.2. The Morgan fingerprint density at radius 3 is 2.41 bits per heavy atom. The minimum absolute atomic E-state index is 0.0320. The van der Waals surface area contributed by atoms with E-state index < -0.39 is 23.9 Å². The van der Waals surface area contributed by atoms with Gasteiger partial charge in [-0.1, -0.05) is 12.1 Å². The fourth-order valence-corrected chi connectivity index (χ4v) is 3.38. The molecule has 1 heterocycles. The number of anilines is 3. The summed E-state index contributed by atoms with van der Waals surface area (Å²) >= 11 is 0. The lowest BCUT2D eigenvalue weighted by molar-refractivity contribution is -0.144. The lowest BCUT2D eigenvalue weighted by atomic mass is 10.1. The predicted molar refractivity (Wildman–Crippen MR) is 127 cm³/mol. The molecule has 1 aromatic heterocycles. The topological polar surface area (TPSA) is 172 Å².